The Balaban J connectivity index is 2.29. The molecule has 1 aromatic carbocycles. The van der Waals surface area contributed by atoms with Crippen molar-refractivity contribution in [2.75, 3.05) is 4.72 Å². The van der Waals surface area contributed by atoms with Crippen molar-refractivity contribution in [3.05, 3.63) is 41.5 Å². The Morgan fingerprint density at radius 2 is 1.88 bits per heavy atom. The monoisotopic (exact) mass is 357 g/mol. The Morgan fingerprint density at radius 1 is 1.21 bits per heavy atom. The molecule has 134 valence electrons. The van der Waals surface area contributed by atoms with Crippen LogP contribution in [0.4, 0.5) is 14.5 Å². The van der Waals surface area contributed by atoms with E-state index in [9.17, 15) is 17.2 Å². The number of benzene rings is 1. The summed E-state index contributed by atoms with van der Waals surface area (Å²) in [6.45, 7) is 8.35. The quantitative estimate of drug-likeness (QED) is 0.782. The van der Waals surface area contributed by atoms with E-state index in [-0.39, 0.29) is 11.1 Å². The molecule has 0 spiro atoms. The van der Waals surface area contributed by atoms with Crippen molar-refractivity contribution in [3.63, 3.8) is 0 Å². The molecule has 0 heterocycles. The SMILES string of the molecule is CCC1=CC(C(C)(C)C)CCC1S(=O)(=O)Nc1ccc(F)cc1F. The van der Waals surface area contributed by atoms with Gasteiger partial charge in [-0.2, -0.15) is 0 Å². The smallest absolute Gasteiger partial charge is 0.239 e. The van der Waals surface area contributed by atoms with Gasteiger partial charge in [-0.3, -0.25) is 4.72 Å². The van der Waals surface area contributed by atoms with Crippen molar-refractivity contribution < 1.29 is 17.2 Å². The number of anilines is 1. The minimum absolute atomic E-state index is 0.0750. The van der Waals surface area contributed by atoms with Crippen LogP contribution in [0.5, 0.6) is 0 Å². The summed E-state index contributed by atoms with van der Waals surface area (Å²) in [7, 11) is -3.78. The van der Waals surface area contributed by atoms with Gasteiger partial charge in [-0.1, -0.05) is 39.3 Å². The van der Waals surface area contributed by atoms with E-state index in [1.165, 1.54) is 0 Å². The lowest BCUT2D eigenvalue weighted by molar-refractivity contribution is 0.264. The Morgan fingerprint density at radius 3 is 2.42 bits per heavy atom. The zero-order valence-electron chi connectivity index (χ0n) is 14.6. The van der Waals surface area contributed by atoms with Crippen LogP contribution < -0.4 is 4.72 Å². The molecule has 1 aromatic rings. The van der Waals surface area contributed by atoms with E-state index < -0.39 is 26.9 Å². The van der Waals surface area contributed by atoms with Crippen LogP contribution in [0.15, 0.2) is 29.8 Å². The third kappa shape index (κ3) is 4.15. The number of nitrogens with one attached hydrogen (secondary N) is 1. The molecule has 0 aliphatic heterocycles. The van der Waals surface area contributed by atoms with Gasteiger partial charge in [-0.15, -0.1) is 0 Å². The molecule has 2 unspecified atom stereocenters. The molecule has 2 rings (SSSR count). The summed E-state index contributed by atoms with van der Waals surface area (Å²) in [4.78, 5) is 0. The van der Waals surface area contributed by atoms with Gasteiger partial charge in [-0.05, 0) is 42.7 Å². The molecule has 0 saturated heterocycles. The van der Waals surface area contributed by atoms with Gasteiger partial charge in [0.1, 0.15) is 16.9 Å². The highest BCUT2D eigenvalue weighted by Crippen LogP contribution is 2.39. The van der Waals surface area contributed by atoms with Crippen molar-refractivity contribution in [1.29, 1.82) is 0 Å². The Bertz CT molecular complexity index is 736. The average Bonchev–Trinajstić information content (AvgIpc) is 2.48. The molecule has 3 nitrogen and oxygen atoms in total. The molecule has 0 amide bonds. The molecule has 0 aromatic heterocycles. The van der Waals surface area contributed by atoms with Crippen LogP contribution in [0.2, 0.25) is 0 Å². The van der Waals surface area contributed by atoms with E-state index in [0.717, 1.165) is 24.1 Å². The lowest BCUT2D eigenvalue weighted by Gasteiger charge is -2.35. The van der Waals surface area contributed by atoms with Crippen molar-refractivity contribution in [2.24, 2.45) is 11.3 Å². The average molecular weight is 357 g/mol. The third-order valence-electron chi connectivity index (χ3n) is 4.65. The molecular weight excluding hydrogens is 332 g/mol. The van der Waals surface area contributed by atoms with Crippen molar-refractivity contribution in [2.45, 2.75) is 52.2 Å². The third-order valence-corrected chi connectivity index (χ3v) is 6.44. The van der Waals surface area contributed by atoms with Crippen LogP contribution in [0.1, 0.15) is 47.0 Å². The van der Waals surface area contributed by atoms with Crippen LogP contribution in [0, 0.1) is 23.0 Å². The van der Waals surface area contributed by atoms with Crippen LogP contribution in [0.25, 0.3) is 0 Å². The maximum absolute atomic E-state index is 13.8. The maximum atomic E-state index is 13.8. The fourth-order valence-corrected chi connectivity index (χ4v) is 4.85. The molecule has 0 saturated carbocycles. The van der Waals surface area contributed by atoms with Crippen LogP contribution in [-0.2, 0) is 10.0 Å². The van der Waals surface area contributed by atoms with Gasteiger partial charge in [-0.25, -0.2) is 17.2 Å². The number of allylic oxidation sites excluding steroid dienone is 1. The van der Waals surface area contributed by atoms with Crippen LogP contribution >= 0.6 is 0 Å². The maximum Gasteiger partial charge on any atom is 0.239 e. The molecule has 6 heteroatoms. The molecule has 1 N–H and O–H groups in total. The summed E-state index contributed by atoms with van der Waals surface area (Å²) in [6, 6.07) is 2.82. The molecule has 1 aliphatic rings. The van der Waals surface area contributed by atoms with Gasteiger partial charge >= 0.3 is 0 Å². The molecular formula is C18H25F2NO2S. The zero-order valence-corrected chi connectivity index (χ0v) is 15.4. The lowest BCUT2D eigenvalue weighted by Crippen LogP contribution is -2.35. The van der Waals surface area contributed by atoms with E-state index >= 15 is 0 Å². The van der Waals surface area contributed by atoms with Crippen molar-refractivity contribution >= 4 is 15.7 Å². The predicted molar refractivity (Wildman–Crippen MR) is 93.2 cm³/mol. The van der Waals surface area contributed by atoms with Gasteiger partial charge in [0.25, 0.3) is 0 Å². The molecule has 0 fully saturated rings. The summed E-state index contributed by atoms with van der Waals surface area (Å²) in [5, 5.41) is -0.675. The minimum atomic E-state index is -3.78. The minimum Gasteiger partial charge on any atom is -0.280 e. The first-order valence-electron chi connectivity index (χ1n) is 8.22. The van der Waals surface area contributed by atoms with Crippen LogP contribution in [0.3, 0.4) is 0 Å². The van der Waals surface area contributed by atoms with E-state index in [1.54, 1.807) is 0 Å². The highest BCUT2D eigenvalue weighted by molar-refractivity contribution is 7.93. The predicted octanol–water partition coefficient (Wildman–Crippen LogP) is 4.87. The lowest BCUT2D eigenvalue weighted by atomic mass is 9.73. The Labute approximate surface area is 143 Å². The topological polar surface area (TPSA) is 46.2 Å². The van der Waals surface area contributed by atoms with E-state index in [4.69, 9.17) is 0 Å². The fraction of sp³-hybridized carbons (Fsp3) is 0.556. The zero-order chi connectivity index (χ0) is 18.1. The normalized spacial score (nSPS) is 22.2. The first-order chi connectivity index (χ1) is 11.0. The first kappa shape index (κ1) is 18.9. The van der Waals surface area contributed by atoms with E-state index in [1.807, 2.05) is 6.92 Å². The van der Waals surface area contributed by atoms with Crippen molar-refractivity contribution in [3.8, 4) is 0 Å². The molecule has 1 aliphatic carbocycles. The number of halogens is 2. The highest BCUT2D eigenvalue weighted by Gasteiger charge is 2.36. The summed E-state index contributed by atoms with van der Waals surface area (Å²) < 4.78 is 54.4. The summed E-state index contributed by atoms with van der Waals surface area (Å²) in [5.74, 6) is -1.33. The van der Waals surface area contributed by atoms with E-state index in [2.05, 4.69) is 31.6 Å². The number of rotatable bonds is 4. The van der Waals surface area contributed by atoms with Crippen LogP contribution in [-0.4, -0.2) is 13.7 Å². The second-order valence-corrected chi connectivity index (χ2v) is 9.27. The summed E-state index contributed by atoms with van der Waals surface area (Å²) in [6.07, 6.45) is 3.96. The molecule has 24 heavy (non-hydrogen) atoms. The van der Waals surface area contributed by atoms with Gasteiger partial charge in [0.15, 0.2) is 0 Å². The molecule has 0 radical (unpaired) electrons. The van der Waals surface area contributed by atoms with Gasteiger partial charge in [0, 0.05) is 6.07 Å². The molecule has 0 bridgehead atoms. The number of sulfonamides is 1. The Hall–Kier alpha value is -1.43. The summed E-state index contributed by atoms with van der Waals surface area (Å²) in [5.41, 5.74) is 0.715. The second kappa shape index (κ2) is 6.82. The van der Waals surface area contributed by atoms with E-state index in [0.29, 0.717) is 24.8 Å². The van der Waals surface area contributed by atoms with Gasteiger partial charge < -0.3 is 0 Å². The summed E-state index contributed by atoms with van der Waals surface area (Å²) >= 11 is 0. The first-order valence-corrected chi connectivity index (χ1v) is 9.76. The highest BCUT2D eigenvalue weighted by atomic mass is 32.2. The van der Waals surface area contributed by atoms with Crippen molar-refractivity contribution in [1.82, 2.24) is 0 Å². The standard InChI is InChI=1S/C18H25F2NO2S/c1-5-12-10-13(18(2,3)4)6-9-17(12)24(22,23)21-16-8-7-14(19)11-15(16)20/h7-8,10-11,13,17,21H,5-6,9H2,1-4H3. The fourth-order valence-electron chi connectivity index (χ4n) is 3.15. The number of hydrogen-bond acceptors (Lipinski definition) is 2. The largest absolute Gasteiger partial charge is 0.280 e. The van der Waals surface area contributed by atoms with Gasteiger partial charge in [0.05, 0.1) is 5.69 Å². The number of hydrogen-bond donors (Lipinski definition) is 1. The van der Waals surface area contributed by atoms with Gasteiger partial charge in [0.2, 0.25) is 10.0 Å². The second-order valence-electron chi connectivity index (χ2n) is 7.40. The molecule has 2 atom stereocenters. The Kier molecular flexibility index (Phi) is 5.37.